The molecule has 2 aliphatic rings. The lowest BCUT2D eigenvalue weighted by Crippen LogP contribution is -2.24. The minimum absolute atomic E-state index is 0.339. The Balaban J connectivity index is 1.69. The quantitative estimate of drug-likeness (QED) is 0.876. The van der Waals surface area contributed by atoms with E-state index in [0.717, 1.165) is 25.2 Å². The van der Waals surface area contributed by atoms with Crippen LogP contribution in [0, 0.1) is 17.8 Å². The molecule has 1 saturated heterocycles. The fourth-order valence-corrected chi connectivity index (χ4v) is 3.88. The van der Waals surface area contributed by atoms with Crippen molar-refractivity contribution in [1.29, 1.82) is 0 Å². The monoisotopic (exact) mass is 311 g/mol. The lowest BCUT2D eigenvalue weighted by Gasteiger charge is -2.20. The summed E-state index contributed by atoms with van der Waals surface area (Å²) in [4.78, 5) is 2.43. The molecule has 0 bridgehead atoms. The van der Waals surface area contributed by atoms with Crippen LogP contribution < -0.4 is 9.47 Å². The first kappa shape index (κ1) is 14.9. The highest BCUT2D eigenvalue weighted by Gasteiger charge is 2.54. The molecule has 21 heavy (non-hydrogen) atoms. The number of halogens is 1. The number of hydrogen-bond donors (Lipinski definition) is 1. The van der Waals surface area contributed by atoms with Crippen molar-refractivity contribution in [2.45, 2.75) is 13.5 Å². The molecule has 0 spiro atoms. The summed E-state index contributed by atoms with van der Waals surface area (Å²) in [6.45, 7) is 5.89. The van der Waals surface area contributed by atoms with Gasteiger partial charge >= 0.3 is 0 Å². The number of aliphatic hydroxyl groups excluding tert-OH is 1. The highest BCUT2D eigenvalue weighted by molar-refractivity contribution is 6.32. The van der Waals surface area contributed by atoms with E-state index >= 15 is 0 Å². The standard InChI is InChI=1S/C16H22ClNO3/c1-3-21-15-5-10(4-14(17)16(15)20-2)6-18-7-11-12(8-18)13(11)9-19/h4-5,11-13,19H,3,6-9H2,1-2H3/t11-,12+,13?. The molecule has 0 radical (unpaired) electrons. The number of fused-ring (bicyclic) bond motifs is 1. The number of rotatable bonds is 6. The first-order valence-electron chi connectivity index (χ1n) is 7.50. The maximum atomic E-state index is 9.21. The molecule has 1 unspecified atom stereocenters. The van der Waals surface area contributed by atoms with Gasteiger partial charge in [0, 0.05) is 26.2 Å². The Hall–Kier alpha value is -0.970. The largest absolute Gasteiger partial charge is 0.491 e. The third kappa shape index (κ3) is 2.85. The van der Waals surface area contributed by atoms with Crippen LogP contribution >= 0.6 is 11.6 Å². The second-order valence-corrected chi connectivity index (χ2v) is 6.32. The number of piperidine rings is 1. The van der Waals surface area contributed by atoms with Crippen LogP contribution in [0.2, 0.25) is 5.02 Å². The van der Waals surface area contributed by atoms with Crippen molar-refractivity contribution in [3.8, 4) is 11.5 Å². The number of methoxy groups -OCH3 is 1. The fourth-order valence-electron chi connectivity index (χ4n) is 3.57. The van der Waals surface area contributed by atoms with E-state index in [-0.39, 0.29) is 0 Å². The predicted molar refractivity (Wildman–Crippen MR) is 82.0 cm³/mol. The molecule has 1 aromatic rings. The zero-order chi connectivity index (χ0) is 15.0. The Kier molecular flexibility index (Phi) is 4.29. The SMILES string of the molecule is CCOc1cc(CN2C[C@@H]3C(CO)[C@@H]3C2)cc(Cl)c1OC. The van der Waals surface area contributed by atoms with Gasteiger partial charge in [-0.3, -0.25) is 4.90 Å². The van der Waals surface area contributed by atoms with Crippen LogP contribution in [0.5, 0.6) is 11.5 Å². The molecule has 3 atom stereocenters. The second kappa shape index (κ2) is 6.03. The maximum Gasteiger partial charge on any atom is 0.179 e. The van der Waals surface area contributed by atoms with Crippen LogP contribution in [0.4, 0.5) is 0 Å². The molecular weight excluding hydrogens is 290 g/mol. The Bertz CT molecular complexity index is 510. The Labute approximate surface area is 130 Å². The van der Waals surface area contributed by atoms with Crippen LogP contribution in [-0.2, 0) is 6.54 Å². The number of hydrogen-bond acceptors (Lipinski definition) is 4. The van der Waals surface area contributed by atoms with Gasteiger partial charge in [-0.2, -0.15) is 0 Å². The predicted octanol–water partition coefficient (Wildman–Crippen LogP) is 2.42. The lowest BCUT2D eigenvalue weighted by atomic mass is 10.1. The molecule has 1 saturated carbocycles. The third-order valence-electron chi connectivity index (χ3n) is 4.64. The summed E-state index contributed by atoms with van der Waals surface area (Å²) >= 11 is 6.28. The molecule has 1 aromatic carbocycles. The number of nitrogens with zero attached hydrogens (tertiary/aromatic N) is 1. The first-order valence-corrected chi connectivity index (χ1v) is 7.88. The molecule has 3 rings (SSSR count). The van der Waals surface area contributed by atoms with Crippen LogP contribution in [0.1, 0.15) is 12.5 Å². The topological polar surface area (TPSA) is 41.9 Å². The average Bonchev–Trinajstić information content (AvgIpc) is 2.93. The molecular formula is C16H22ClNO3. The fraction of sp³-hybridized carbons (Fsp3) is 0.625. The normalized spacial score (nSPS) is 27.5. The third-order valence-corrected chi connectivity index (χ3v) is 4.92. The Morgan fingerprint density at radius 1 is 1.33 bits per heavy atom. The van der Waals surface area contributed by atoms with Crippen LogP contribution in [0.15, 0.2) is 12.1 Å². The van der Waals surface area contributed by atoms with Crippen LogP contribution in [0.25, 0.3) is 0 Å². The van der Waals surface area contributed by atoms with Gasteiger partial charge in [-0.25, -0.2) is 0 Å². The summed E-state index contributed by atoms with van der Waals surface area (Å²) in [7, 11) is 1.60. The molecule has 0 amide bonds. The van der Waals surface area contributed by atoms with Gasteiger partial charge in [-0.15, -0.1) is 0 Å². The molecule has 1 aliphatic carbocycles. The number of likely N-dealkylation sites (tertiary alicyclic amines) is 1. The highest BCUT2D eigenvalue weighted by atomic mass is 35.5. The zero-order valence-corrected chi connectivity index (χ0v) is 13.3. The summed E-state index contributed by atoms with van der Waals surface area (Å²) in [5.41, 5.74) is 1.14. The van der Waals surface area contributed by atoms with Crippen molar-refractivity contribution < 1.29 is 14.6 Å². The van der Waals surface area contributed by atoms with Gasteiger partial charge in [0.05, 0.1) is 18.7 Å². The molecule has 1 aliphatic heterocycles. The molecule has 1 heterocycles. The average molecular weight is 312 g/mol. The maximum absolute atomic E-state index is 9.21. The summed E-state index contributed by atoms with van der Waals surface area (Å²) in [5.74, 6) is 3.23. The molecule has 1 N–H and O–H groups in total. The van der Waals surface area contributed by atoms with Crippen LogP contribution in [-0.4, -0.2) is 43.4 Å². The molecule has 116 valence electrons. The molecule has 0 aromatic heterocycles. The smallest absolute Gasteiger partial charge is 0.179 e. The van der Waals surface area contributed by atoms with Gasteiger partial charge < -0.3 is 14.6 Å². The van der Waals surface area contributed by atoms with E-state index in [9.17, 15) is 5.11 Å². The summed E-state index contributed by atoms with van der Waals surface area (Å²) in [5, 5.41) is 9.80. The van der Waals surface area contributed by atoms with E-state index < -0.39 is 0 Å². The number of benzene rings is 1. The van der Waals surface area contributed by atoms with Gasteiger partial charge in [0.25, 0.3) is 0 Å². The van der Waals surface area contributed by atoms with E-state index in [1.165, 1.54) is 0 Å². The van der Waals surface area contributed by atoms with Crippen molar-refractivity contribution in [1.82, 2.24) is 4.90 Å². The molecule has 2 fully saturated rings. The van der Waals surface area contributed by atoms with Crippen molar-refractivity contribution in [3.63, 3.8) is 0 Å². The lowest BCUT2D eigenvalue weighted by molar-refractivity contribution is 0.217. The Morgan fingerprint density at radius 3 is 2.62 bits per heavy atom. The minimum atomic E-state index is 0.339. The van der Waals surface area contributed by atoms with E-state index in [4.69, 9.17) is 21.1 Å². The minimum Gasteiger partial charge on any atom is -0.491 e. The molecule has 5 heteroatoms. The Morgan fingerprint density at radius 2 is 2.05 bits per heavy atom. The van der Waals surface area contributed by atoms with Gasteiger partial charge in [0.1, 0.15) is 0 Å². The van der Waals surface area contributed by atoms with Crippen molar-refractivity contribution in [3.05, 3.63) is 22.7 Å². The van der Waals surface area contributed by atoms with Gasteiger partial charge in [-0.05, 0) is 42.4 Å². The van der Waals surface area contributed by atoms with Gasteiger partial charge in [-0.1, -0.05) is 11.6 Å². The summed E-state index contributed by atoms with van der Waals surface area (Å²) in [6.07, 6.45) is 0. The van der Waals surface area contributed by atoms with Gasteiger partial charge in [0.2, 0.25) is 0 Å². The number of ether oxygens (including phenoxy) is 2. The highest BCUT2D eigenvalue weighted by Crippen LogP contribution is 2.51. The summed E-state index contributed by atoms with van der Waals surface area (Å²) in [6, 6.07) is 3.97. The van der Waals surface area contributed by atoms with E-state index in [2.05, 4.69) is 4.90 Å². The summed E-state index contributed by atoms with van der Waals surface area (Å²) < 4.78 is 10.9. The van der Waals surface area contributed by atoms with Crippen LogP contribution in [0.3, 0.4) is 0 Å². The number of aliphatic hydroxyl groups is 1. The second-order valence-electron chi connectivity index (χ2n) is 5.91. The van der Waals surface area contributed by atoms with E-state index in [1.807, 2.05) is 19.1 Å². The van der Waals surface area contributed by atoms with Crippen molar-refractivity contribution in [2.75, 3.05) is 33.4 Å². The van der Waals surface area contributed by atoms with E-state index in [1.54, 1.807) is 7.11 Å². The van der Waals surface area contributed by atoms with Crippen molar-refractivity contribution in [2.24, 2.45) is 17.8 Å². The van der Waals surface area contributed by atoms with Gasteiger partial charge in [0.15, 0.2) is 11.5 Å². The molecule has 4 nitrogen and oxygen atoms in total. The first-order chi connectivity index (χ1) is 10.2. The zero-order valence-electron chi connectivity index (χ0n) is 12.5. The van der Waals surface area contributed by atoms with E-state index in [0.29, 0.717) is 47.5 Å². The van der Waals surface area contributed by atoms with Crippen molar-refractivity contribution >= 4 is 11.6 Å².